The lowest BCUT2D eigenvalue weighted by Gasteiger charge is -2.16. The number of carbonyl (C=O) groups excluding carboxylic acids is 1. The van der Waals surface area contributed by atoms with E-state index >= 15 is 0 Å². The summed E-state index contributed by atoms with van der Waals surface area (Å²) in [6.07, 6.45) is 0.875. The largest absolute Gasteiger partial charge is 0.478 e. The molecular formula is C15H23NO3. The summed E-state index contributed by atoms with van der Waals surface area (Å²) in [5, 5.41) is 8.93. The summed E-state index contributed by atoms with van der Waals surface area (Å²) < 4.78 is 0. The number of aromatic carboxylic acids is 1. The van der Waals surface area contributed by atoms with Crippen LogP contribution in [0.2, 0.25) is 0 Å². The third kappa shape index (κ3) is 5.12. The van der Waals surface area contributed by atoms with E-state index in [0.29, 0.717) is 12.1 Å². The van der Waals surface area contributed by atoms with Crippen LogP contribution in [0.1, 0.15) is 53.5 Å². The van der Waals surface area contributed by atoms with Crippen LogP contribution in [0.5, 0.6) is 0 Å². The molecule has 0 saturated heterocycles. The summed E-state index contributed by atoms with van der Waals surface area (Å²) in [5.74, 6) is -1.15. The third-order valence-corrected chi connectivity index (χ3v) is 2.48. The Balaban J connectivity index is 0.00000154. The van der Waals surface area contributed by atoms with E-state index in [-0.39, 0.29) is 11.5 Å². The Morgan fingerprint density at radius 2 is 1.68 bits per heavy atom. The molecule has 0 atom stereocenters. The minimum absolute atomic E-state index is 0.141. The number of hydrogen-bond donors (Lipinski definition) is 1. The molecule has 1 amide bonds. The molecule has 1 N–H and O–H groups in total. The number of carboxylic acids is 1. The van der Waals surface area contributed by atoms with Crippen molar-refractivity contribution >= 4 is 11.9 Å². The first-order valence-corrected chi connectivity index (χ1v) is 6.56. The Kier molecular flexibility index (Phi) is 7.49. The molecule has 4 heteroatoms. The van der Waals surface area contributed by atoms with Crippen LogP contribution in [-0.4, -0.2) is 35.5 Å². The van der Waals surface area contributed by atoms with Crippen molar-refractivity contribution in [2.24, 2.45) is 0 Å². The van der Waals surface area contributed by atoms with Crippen LogP contribution < -0.4 is 0 Å². The van der Waals surface area contributed by atoms with Gasteiger partial charge in [-0.2, -0.15) is 0 Å². The molecule has 0 fully saturated rings. The van der Waals surface area contributed by atoms with Crippen LogP contribution in [-0.2, 0) is 0 Å². The molecule has 0 aliphatic heterocycles. The highest BCUT2D eigenvalue weighted by atomic mass is 16.4. The van der Waals surface area contributed by atoms with E-state index in [4.69, 9.17) is 5.11 Å². The van der Waals surface area contributed by atoms with Crippen molar-refractivity contribution in [3.8, 4) is 0 Å². The molecule has 1 rings (SSSR count). The van der Waals surface area contributed by atoms with Crippen molar-refractivity contribution in [1.29, 1.82) is 0 Å². The standard InChI is InChI=1S/C13H17NO3.C2H6/c1-4-5-14(3)12(15)10-6-9(2)7-11(8-10)13(16)17;1-2/h6-8H,4-5H2,1-3H3,(H,16,17);1-2H3. The molecule has 0 aromatic heterocycles. The van der Waals surface area contributed by atoms with Crippen LogP contribution in [0.4, 0.5) is 0 Å². The van der Waals surface area contributed by atoms with Gasteiger partial charge in [-0.25, -0.2) is 4.79 Å². The fourth-order valence-electron chi connectivity index (χ4n) is 1.69. The highest BCUT2D eigenvalue weighted by molar-refractivity contribution is 5.97. The molecule has 0 unspecified atom stereocenters. The van der Waals surface area contributed by atoms with Crippen LogP contribution in [0, 0.1) is 6.92 Å². The lowest BCUT2D eigenvalue weighted by molar-refractivity contribution is 0.0696. The molecule has 0 bridgehead atoms. The molecule has 1 aromatic rings. The van der Waals surface area contributed by atoms with Gasteiger partial charge in [0.1, 0.15) is 0 Å². The number of amides is 1. The fourth-order valence-corrected chi connectivity index (χ4v) is 1.69. The van der Waals surface area contributed by atoms with Gasteiger partial charge in [-0.3, -0.25) is 4.79 Å². The zero-order valence-corrected chi connectivity index (χ0v) is 12.4. The summed E-state index contributed by atoms with van der Waals surface area (Å²) >= 11 is 0. The summed E-state index contributed by atoms with van der Waals surface area (Å²) in [6, 6.07) is 4.68. The molecule has 4 nitrogen and oxygen atoms in total. The van der Waals surface area contributed by atoms with Gasteiger partial charge in [0.2, 0.25) is 0 Å². The Morgan fingerprint density at radius 1 is 1.16 bits per heavy atom. The van der Waals surface area contributed by atoms with E-state index in [1.807, 2.05) is 20.8 Å². The minimum atomic E-state index is -1.01. The maximum Gasteiger partial charge on any atom is 0.335 e. The first kappa shape index (κ1) is 17.2. The van der Waals surface area contributed by atoms with E-state index in [1.165, 1.54) is 6.07 Å². The monoisotopic (exact) mass is 265 g/mol. The average Bonchev–Trinajstić information content (AvgIpc) is 2.39. The van der Waals surface area contributed by atoms with Crippen molar-refractivity contribution in [1.82, 2.24) is 4.90 Å². The van der Waals surface area contributed by atoms with Crippen molar-refractivity contribution in [2.75, 3.05) is 13.6 Å². The lowest BCUT2D eigenvalue weighted by atomic mass is 10.1. The van der Waals surface area contributed by atoms with Gasteiger partial charge in [0.05, 0.1) is 5.56 Å². The van der Waals surface area contributed by atoms with Crippen LogP contribution in [0.15, 0.2) is 18.2 Å². The lowest BCUT2D eigenvalue weighted by Crippen LogP contribution is -2.27. The number of hydrogen-bond acceptors (Lipinski definition) is 2. The second kappa shape index (κ2) is 8.29. The third-order valence-electron chi connectivity index (χ3n) is 2.48. The van der Waals surface area contributed by atoms with Gasteiger partial charge in [-0.15, -0.1) is 0 Å². The number of rotatable bonds is 4. The maximum atomic E-state index is 12.0. The van der Waals surface area contributed by atoms with Crippen LogP contribution in [0.3, 0.4) is 0 Å². The highest BCUT2D eigenvalue weighted by Gasteiger charge is 2.14. The summed E-state index contributed by atoms with van der Waals surface area (Å²) in [4.78, 5) is 24.5. The van der Waals surface area contributed by atoms with Crippen molar-refractivity contribution in [2.45, 2.75) is 34.1 Å². The second-order valence-corrected chi connectivity index (χ2v) is 4.12. The van der Waals surface area contributed by atoms with Gasteiger partial charge in [-0.1, -0.05) is 20.8 Å². The quantitative estimate of drug-likeness (QED) is 0.909. The topological polar surface area (TPSA) is 57.6 Å². The van der Waals surface area contributed by atoms with Crippen molar-refractivity contribution in [3.63, 3.8) is 0 Å². The number of benzene rings is 1. The Morgan fingerprint density at radius 3 is 2.16 bits per heavy atom. The van der Waals surface area contributed by atoms with E-state index in [1.54, 1.807) is 31.0 Å². The van der Waals surface area contributed by atoms with Gasteiger partial charge in [0, 0.05) is 19.2 Å². The van der Waals surface area contributed by atoms with Gasteiger partial charge in [0.15, 0.2) is 0 Å². The normalized spacial score (nSPS) is 9.32. The van der Waals surface area contributed by atoms with Gasteiger partial charge >= 0.3 is 5.97 Å². The molecule has 106 valence electrons. The van der Waals surface area contributed by atoms with E-state index < -0.39 is 5.97 Å². The molecule has 19 heavy (non-hydrogen) atoms. The molecule has 0 radical (unpaired) electrons. The molecule has 0 spiro atoms. The predicted octanol–water partition coefficient (Wildman–Crippen LogP) is 3.20. The number of aryl methyl sites for hydroxylation is 1. The second-order valence-electron chi connectivity index (χ2n) is 4.12. The van der Waals surface area contributed by atoms with Gasteiger partial charge in [-0.05, 0) is 37.1 Å². The fraction of sp³-hybridized carbons (Fsp3) is 0.467. The SMILES string of the molecule is CC.CCCN(C)C(=O)c1cc(C)cc(C(=O)O)c1. The predicted molar refractivity (Wildman–Crippen MR) is 76.7 cm³/mol. The smallest absolute Gasteiger partial charge is 0.335 e. The number of nitrogens with zero attached hydrogens (tertiary/aromatic N) is 1. The Hall–Kier alpha value is -1.84. The molecule has 0 aliphatic rings. The van der Waals surface area contributed by atoms with Crippen molar-refractivity contribution < 1.29 is 14.7 Å². The zero-order chi connectivity index (χ0) is 15.0. The average molecular weight is 265 g/mol. The zero-order valence-electron chi connectivity index (χ0n) is 12.4. The Labute approximate surface area is 115 Å². The van der Waals surface area contributed by atoms with E-state index in [9.17, 15) is 9.59 Å². The minimum Gasteiger partial charge on any atom is -0.478 e. The van der Waals surface area contributed by atoms with Crippen LogP contribution in [0.25, 0.3) is 0 Å². The van der Waals surface area contributed by atoms with Gasteiger partial charge < -0.3 is 10.0 Å². The summed E-state index contributed by atoms with van der Waals surface area (Å²) in [5.41, 5.74) is 1.36. The van der Waals surface area contributed by atoms with Crippen molar-refractivity contribution in [3.05, 3.63) is 34.9 Å². The Bertz CT molecular complexity index is 441. The summed E-state index contributed by atoms with van der Waals surface area (Å²) in [7, 11) is 1.72. The molecule has 0 saturated carbocycles. The number of carboxylic acid groups (broad SMARTS) is 1. The van der Waals surface area contributed by atoms with Crippen LogP contribution >= 0.6 is 0 Å². The van der Waals surface area contributed by atoms with E-state index in [2.05, 4.69) is 0 Å². The molecule has 0 aliphatic carbocycles. The molecular weight excluding hydrogens is 242 g/mol. The maximum absolute atomic E-state index is 12.0. The van der Waals surface area contributed by atoms with E-state index in [0.717, 1.165) is 12.0 Å². The van der Waals surface area contributed by atoms with Gasteiger partial charge in [0.25, 0.3) is 5.91 Å². The molecule has 0 heterocycles. The highest BCUT2D eigenvalue weighted by Crippen LogP contribution is 2.12. The first-order chi connectivity index (χ1) is 8.95. The first-order valence-electron chi connectivity index (χ1n) is 6.56. The summed E-state index contributed by atoms with van der Waals surface area (Å²) in [6.45, 7) is 8.43. The number of carbonyl (C=O) groups is 2. The molecule has 1 aromatic carbocycles.